The molecular formula is C12H18N2S4Zn. The Morgan fingerprint density at radius 2 is 1.42 bits per heavy atom. The van der Waals surface area contributed by atoms with Crippen molar-refractivity contribution in [1.29, 1.82) is 0 Å². The Morgan fingerprint density at radius 3 is 1.74 bits per heavy atom. The smallest absolute Gasteiger partial charge is 0.415 e. The minimum Gasteiger partial charge on any atom is -0.415 e. The SMILES string of the molecule is CCCCc1ccccc1.NC(=S)[S-].NC(=S)[S-].[Zn+2]. The summed E-state index contributed by atoms with van der Waals surface area (Å²) in [5.74, 6) is 0. The predicted molar refractivity (Wildman–Crippen MR) is 93.4 cm³/mol. The van der Waals surface area contributed by atoms with Gasteiger partial charge < -0.3 is 61.2 Å². The summed E-state index contributed by atoms with van der Waals surface area (Å²) in [6.07, 6.45) is 3.83. The van der Waals surface area contributed by atoms with Crippen molar-refractivity contribution in [3.63, 3.8) is 0 Å². The Bertz CT molecular complexity index is 314. The number of rotatable bonds is 3. The average molecular weight is 384 g/mol. The van der Waals surface area contributed by atoms with Crippen LogP contribution in [0.25, 0.3) is 0 Å². The van der Waals surface area contributed by atoms with Crippen LogP contribution in [0.15, 0.2) is 30.3 Å². The Hall–Kier alpha value is 0.0634. The van der Waals surface area contributed by atoms with Crippen LogP contribution in [0.3, 0.4) is 0 Å². The van der Waals surface area contributed by atoms with Crippen molar-refractivity contribution >= 4 is 58.3 Å². The zero-order valence-electron chi connectivity index (χ0n) is 11.0. The minimum atomic E-state index is 0. The van der Waals surface area contributed by atoms with Crippen LogP contribution in [-0.2, 0) is 51.2 Å². The summed E-state index contributed by atoms with van der Waals surface area (Å²) in [6.45, 7) is 2.23. The second-order valence-electron chi connectivity index (χ2n) is 3.23. The van der Waals surface area contributed by atoms with Gasteiger partial charge >= 0.3 is 19.5 Å². The molecule has 0 radical (unpaired) electrons. The van der Waals surface area contributed by atoms with Crippen LogP contribution in [0.1, 0.15) is 25.3 Å². The third-order valence-corrected chi connectivity index (χ3v) is 1.66. The zero-order valence-corrected chi connectivity index (χ0v) is 17.2. The maximum Gasteiger partial charge on any atom is 2.00 e. The van der Waals surface area contributed by atoms with Crippen molar-refractivity contribution < 1.29 is 19.5 Å². The summed E-state index contributed by atoms with van der Waals surface area (Å²) >= 11 is 16.5. The first-order chi connectivity index (χ1) is 8.40. The number of hydrogen-bond donors (Lipinski definition) is 2. The molecule has 0 amide bonds. The van der Waals surface area contributed by atoms with Gasteiger partial charge in [0.1, 0.15) is 0 Å². The number of benzene rings is 1. The molecule has 0 aliphatic rings. The number of thiocarbonyl (C=S) groups is 2. The summed E-state index contributed by atoms with van der Waals surface area (Å²) in [4.78, 5) is 0. The second kappa shape index (κ2) is 18.1. The van der Waals surface area contributed by atoms with E-state index in [1.807, 2.05) is 0 Å². The summed E-state index contributed by atoms with van der Waals surface area (Å²) < 4.78 is 0.167. The molecule has 19 heavy (non-hydrogen) atoms. The summed E-state index contributed by atoms with van der Waals surface area (Å²) in [7, 11) is 0. The molecule has 0 saturated heterocycles. The maximum absolute atomic E-state index is 4.66. The van der Waals surface area contributed by atoms with Crippen molar-refractivity contribution in [3.8, 4) is 0 Å². The van der Waals surface area contributed by atoms with Crippen LogP contribution in [0.2, 0.25) is 0 Å². The molecule has 4 N–H and O–H groups in total. The first kappa shape index (κ1) is 24.1. The Morgan fingerprint density at radius 1 is 1.05 bits per heavy atom. The summed E-state index contributed by atoms with van der Waals surface area (Å²) in [6, 6.07) is 10.6. The molecule has 1 aromatic rings. The van der Waals surface area contributed by atoms with Crippen molar-refractivity contribution in [3.05, 3.63) is 35.9 Å². The molecule has 1 rings (SSSR count). The third kappa shape index (κ3) is 32.0. The molecule has 0 atom stereocenters. The first-order valence-electron chi connectivity index (χ1n) is 5.37. The summed E-state index contributed by atoms with van der Waals surface area (Å²) in [5.41, 5.74) is 10.8. The second-order valence-corrected chi connectivity index (χ2v) is 5.50. The molecule has 2 nitrogen and oxygen atoms in total. The standard InChI is InChI=1S/C10H14.2CH3NS2.Zn/c1-2-3-7-10-8-5-4-6-9-10;2*2-1(3)4;/h4-6,8-9H,2-3,7H2,1H3;2*(H3,2,3,4);/q;;;+2/p-2. The Kier molecular flexibility index (Phi) is 22.9. The normalized spacial score (nSPS) is 7.63. The fourth-order valence-electron chi connectivity index (χ4n) is 1.03. The quantitative estimate of drug-likeness (QED) is 0.475. The van der Waals surface area contributed by atoms with E-state index in [-0.39, 0.29) is 28.1 Å². The van der Waals surface area contributed by atoms with E-state index in [0.717, 1.165) is 0 Å². The minimum absolute atomic E-state index is 0. The summed E-state index contributed by atoms with van der Waals surface area (Å²) in [5, 5.41) is 0. The van der Waals surface area contributed by atoms with Crippen molar-refractivity contribution in [2.45, 2.75) is 26.2 Å². The topological polar surface area (TPSA) is 52.0 Å². The van der Waals surface area contributed by atoms with Gasteiger partial charge in [-0.15, -0.1) is 0 Å². The van der Waals surface area contributed by atoms with Gasteiger partial charge in [0.05, 0.1) is 0 Å². The van der Waals surface area contributed by atoms with E-state index in [1.165, 1.54) is 24.8 Å². The molecule has 0 unspecified atom stereocenters. The molecule has 1 aromatic carbocycles. The molecule has 0 aromatic heterocycles. The number of nitrogens with two attached hydrogens (primary N) is 2. The van der Waals surface area contributed by atoms with Crippen molar-refractivity contribution in [2.24, 2.45) is 11.5 Å². The molecule has 0 aliphatic carbocycles. The van der Waals surface area contributed by atoms with Gasteiger partial charge in [-0.3, -0.25) is 0 Å². The van der Waals surface area contributed by atoms with Gasteiger partial charge in [-0.2, -0.15) is 0 Å². The van der Waals surface area contributed by atoms with Crippen LogP contribution >= 0.6 is 24.4 Å². The van der Waals surface area contributed by atoms with Crippen LogP contribution in [0.5, 0.6) is 0 Å². The van der Waals surface area contributed by atoms with Crippen molar-refractivity contribution in [2.75, 3.05) is 0 Å². The van der Waals surface area contributed by atoms with Gasteiger partial charge in [0.2, 0.25) is 0 Å². The molecule has 0 fully saturated rings. The van der Waals surface area contributed by atoms with Gasteiger partial charge in [0.15, 0.2) is 0 Å². The number of aryl methyl sites for hydroxylation is 1. The van der Waals surface area contributed by atoms with Crippen LogP contribution in [-0.4, -0.2) is 8.64 Å². The monoisotopic (exact) mass is 382 g/mol. The molecule has 0 spiro atoms. The Balaban J connectivity index is -0.000000242. The van der Waals surface area contributed by atoms with E-state index in [2.05, 4.69) is 98.4 Å². The molecule has 102 valence electrons. The van der Waals surface area contributed by atoms with Gasteiger partial charge in [0.25, 0.3) is 0 Å². The van der Waals surface area contributed by atoms with Gasteiger partial charge in [-0.05, 0) is 18.4 Å². The first-order valence-corrected chi connectivity index (χ1v) is 7.00. The van der Waals surface area contributed by atoms with Crippen LogP contribution < -0.4 is 11.5 Å². The zero-order chi connectivity index (χ0) is 14.4. The molecule has 0 heterocycles. The van der Waals surface area contributed by atoms with Crippen LogP contribution in [0, 0.1) is 0 Å². The molecule has 0 saturated carbocycles. The van der Waals surface area contributed by atoms with Gasteiger partial charge in [-0.1, -0.05) is 52.3 Å². The molecule has 7 heteroatoms. The van der Waals surface area contributed by atoms with Crippen molar-refractivity contribution in [1.82, 2.24) is 0 Å². The molecule has 0 bridgehead atoms. The molecular weight excluding hydrogens is 366 g/mol. The average Bonchev–Trinajstić information content (AvgIpc) is 2.26. The maximum atomic E-state index is 4.66. The van der Waals surface area contributed by atoms with E-state index < -0.39 is 0 Å². The predicted octanol–water partition coefficient (Wildman–Crippen LogP) is 2.58. The van der Waals surface area contributed by atoms with E-state index in [4.69, 9.17) is 0 Å². The Labute approximate surface area is 150 Å². The van der Waals surface area contributed by atoms with Gasteiger partial charge in [0, 0.05) is 0 Å². The number of unbranched alkanes of at least 4 members (excludes halogenated alkanes) is 1. The fourth-order valence-corrected chi connectivity index (χ4v) is 1.03. The van der Waals surface area contributed by atoms with E-state index in [1.54, 1.807) is 0 Å². The van der Waals surface area contributed by atoms with Crippen LogP contribution in [0.4, 0.5) is 0 Å². The number of hydrogen-bond acceptors (Lipinski definition) is 4. The molecule has 0 aliphatic heterocycles. The van der Waals surface area contributed by atoms with E-state index in [0.29, 0.717) is 0 Å². The fraction of sp³-hybridized carbons (Fsp3) is 0.333. The largest absolute Gasteiger partial charge is 2.00 e. The van der Waals surface area contributed by atoms with E-state index >= 15 is 0 Å². The van der Waals surface area contributed by atoms with Gasteiger partial charge in [-0.25, -0.2) is 0 Å². The van der Waals surface area contributed by atoms with E-state index in [9.17, 15) is 0 Å². The third-order valence-electron chi connectivity index (χ3n) is 1.66.